The van der Waals surface area contributed by atoms with E-state index in [0.717, 1.165) is 37.2 Å². The van der Waals surface area contributed by atoms with Crippen LogP contribution in [0, 0.1) is 13.8 Å². The highest BCUT2D eigenvalue weighted by atomic mass is 32.2. The fraction of sp³-hybridized carbons (Fsp3) is 0.476. The van der Waals surface area contributed by atoms with E-state index in [1.165, 1.54) is 0 Å². The number of nitrogens with zero attached hydrogens (tertiary/aromatic N) is 2. The molecule has 0 saturated carbocycles. The van der Waals surface area contributed by atoms with Crippen molar-refractivity contribution in [2.24, 2.45) is 0 Å². The summed E-state index contributed by atoms with van der Waals surface area (Å²) in [4.78, 5) is 12.8. The van der Waals surface area contributed by atoms with Crippen LogP contribution in [-0.2, 0) is 16.6 Å². The molecule has 1 aliphatic heterocycles. The minimum absolute atomic E-state index is 0.0772. The molecular formula is C21H28N2O4S. The largest absolute Gasteiger partial charge is 0.485 e. The van der Waals surface area contributed by atoms with Crippen LogP contribution in [0.4, 0.5) is 0 Å². The van der Waals surface area contributed by atoms with Gasteiger partial charge in [0.05, 0.1) is 4.90 Å². The molecule has 0 aliphatic carbocycles. The third kappa shape index (κ3) is 4.15. The summed E-state index contributed by atoms with van der Waals surface area (Å²) < 4.78 is 34.6. The fourth-order valence-corrected chi connectivity index (χ4v) is 5.28. The number of ether oxygens (including phenoxy) is 1. The predicted molar refractivity (Wildman–Crippen MR) is 108 cm³/mol. The summed E-state index contributed by atoms with van der Waals surface area (Å²) in [5.41, 5.74) is 2.66. The lowest BCUT2D eigenvalue weighted by Crippen LogP contribution is -2.35. The zero-order valence-corrected chi connectivity index (χ0v) is 17.6. The topological polar surface area (TPSA) is 68.6 Å². The number of carbonyl (C=O) groups excluding carboxylic acids is 1. The highest BCUT2D eigenvalue weighted by Crippen LogP contribution is 2.23. The van der Waals surface area contributed by atoms with Crippen LogP contribution in [0.3, 0.4) is 0 Å². The van der Waals surface area contributed by atoms with Gasteiger partial charge in [-0.1, -0.05) is 6.42 Å². The van der Waals surface area contributed by atoms with E-state index >= 15 is 0 Å². The average Bonchev–Trinajstić information content (AvgIpc) is 3.00. The number of sulfonamides is 1. The van der Waals surface area contributed by atoms with Crippen molar-refractivity contribution in [1.29, 1.82) is 0 Å². The van der Waals surface area contributed by atoms with E-state index in [1.54, 1.807) is 28.6 Å². The first-order valence-corrected chi connectivity index (χ1v) is 11.2. The van der Waals surface area contributed by atoms with Crippen LogP contribution in [0.5, 0.6) is 5.75 Å². The molecule has 0 bridgehead atoms. The van der Waals surface area contributed by atoms with Gasteiger partial charge in [-0.05, 0) is 63.9 Å². The number of rotatable bonds is 7. The van der Waals surface area contributed by atoms with Gasteiger partial charge in [-0.15, -0.1) is 0 Å². The minimum atomic E-state index is -3.46. The summed E-state index contributed by atoms with van der Waals surface area (Å²) in [7, 11) is -3.46. The number of ketones is 1. The number of hydrogen-bond acceptors (Lipinski definition) is 4. The van der Waals surface area contributed by atoms with Crippen LogP contribution >= 0.6 is 0 Å². The number of carbonyl (C=O) groups is 1. The van der Waals surface area contributed by atoms with Crippen molar-refractivity contribution in [3.63, 3.8) is 0 Å². The molecule has 7 heteroatoms. The maximum Gasteiger partial charge on any atom is 0.243 e. The highest BCUT2D eigenvalue weighted by Gasteiger charge is 2.25. The van der Waals surface area contributed by atoms with Crippen molar-refractivity contribution < 1.29 is 17.9 Å². The molecule has 0 atom stereocenters. The lowest BCUT2D eigenvalue weighted by atomic mass is 10.1. The van der Waals surface area contributed by atoms with Gasteiger partial charge < -0.3 is 9.30 Å². The molecular weight excluding hydrogens is 376 g/mol. The van der Waals surface area contributed by atoms with Crippen molar-refractivity contribution in [3.05, 3.63) is 47.3 Å². The molecule has 28 heavy (non-hydrogen) atoms. The van der Waals surface area contributed by atoms with Crippen molar-refractivity contribution in [1.82, 2.24) is 8.87 Å². The van der Waals surface area contributed by atoms with Gasteiger partial charge in [0.2, 0.25) is 15.8 Å². The number of Topliss-reactive ketones (excluding diaryl/α,β-unsaturated/α-hetero) is 1. The first kappa shape index (κ1) is 20.6. The summed E-state index contributed by atoms with van der Waals surface area (Å²) >= 11 is 0. The number of hydrogen-bond donors (Lipinski definition) is 0. The second kappa shape index (κ2) is 8.49. The summed E-state index contributed by atoms with van der Waals surface area (Å²) in [6.07, 6.45) is 2.88. The van der Waals surface area contributed by atoms with Gasteiger partial charge in [0.1, 0.15) is 5.75 Å². The Labute approximate surface area is 167 Å². The zero-order chi connectivity index (χ0) is 20.3. The number of aromatic nitrogens is 1. The van der Waals surface area contributed by atoms with Gasteiger partial charge in [0.15, 0.2) is 6.61 Å². The molecule has 6 nitrogen and oxygen atoms in total. The van der Waals surface area contributed by atoms with Crippen molar-refractivity contribution in [2.75, 3.05) is 19.7 Å². The van der Waals surface area contributed by atoms with Crippen LogP contribution in [0.15, 0.2) is 35.2 Å². The summed E-state index contributed by atoms with van der Waals surface area (Å²) in [5.74, 6) is 0.396. The molecule has 0 N–H and O–H groups in total. The van der Waals surface area contributed by atoms with Crippen LogP contribution in [0.25, 0.3) is 0 Å². The smallest absolute Gasteiger partial charge is 0.243 e. The summed E-state index contributed by atoms with van der Waals surface area (Å²) in [6, 6.07) is 8.21. The molecule has 1 aliphatic rings. The highest BCUT2D eigenvalue weighted by molar-refractivity contribution is 7.89. The fourth-order valence-electron chi connectivity index (χ4n) is 3.76. The van der Waals surface area contributed by atoms with Gasteiger partial charge in [0, 0.05) is 36.6 Å². The van der Waals surface area contributed by atoms with E-state index in [-0.39, 0.29) is 17.3 Å². The minimum Gasteiger partial charge on any atom is -0.485 e. The van der Waals surface area contributed by atoms with Gasteiger partial charge in [-0.25, -0.2) is 8.42 Å². The standard InChI is InChI=1S/C21H28N2O4S/c1-4-23-16(2)14-20(17(23)3)21(24)15-27-18-8-10-19(11-9-18)28(25,26)22-12-6-5-7-13-22/h8-11,14H,4-7,12-13,15H2,1-3H3. The Morgan fingerprint density at radius 3 is 2.29 bits per heavy atom. The Balaban J connectivity index is 1.65. The predicted octanol–water partition coefficient (Wildman–Crippen LogP) is 3.56. The zero-order valence-electron chi connectivity index (χ0n) is 16.8. The average molecular weight is 405 g/mol. The van der Waals surface area contributed by atoms with Gasteiger partial charge in [-0.3, -0.25) is 4.79 Å². The van der Waals surface area contributed by atoms with Crippen molar-refractivity contribution >= 4 is 15.8 Å². The normalized spacial score (nSPS) is 15.5. The molecule has 3 rings (SSSR count). The van der Waals surface area contributed by atoms with Gasteiger partial charge in [-0.2, -0.15) is 4.31 Å². The number of benzene rings is 1. The molecule has 1 fully saturated rings. The van der Waals surface area contributed by atoms with E-state index in [2.05, 4.69) is 4.57 Å². The molecule has 2 aromatic rings. The lowest BCUT2D eigenvalue weighted by Gasteiger charge is -2.25. The van der Waals surface area contributed by atoms with E-state index < -0.39 is 10.0 Å². The SMILES string of the molecule is CCn1c(C)cc(C(=O)COc2ccc(S(=O)(=O)N3CCCCC3)cc2)c1C. The van der Waals surface area contributed by atoms with Crippen LogP contribution in [0.2, 0.25) is 0 Å². The Bertz CT molecular complexity index is 940. The van der Waals surface area contributed by atoms with Crippen molar-refractivity contribution in [3.8, 4) is 5.75 Å². The molecule has 0 amide bonds. The lowest BCUT2D eigenvalue weighted by molar-refractivity contribution is 0.0920. The Morgan fingerprint density at radius 2 is 1.71 bits per heavy atom. The second-order valence-electron chi connectivity index (χ2n) is 7.18. The number of piperidine rings is 1. The Morgan fingerprint density at radius 1 is 1.07 bits per heavy atom. The van der Waals surface area contributed by atoms with E-state index in [1.807, 2.05) is 26.8 Å². The molecule has 1 saturated heterocycles. The van der Waals surface area contributed by atoms with E-state index in [0.29, 0.717) is 24.4 Å². The molecule has 1 aromatic carbocycles. The molecule has 0 radical (unpaired) electrons. The second-order valence-corrected chi connectivity index (χ2v) is 9.11. The third-order valence-corrected chi connectivity index (χ3v) is 7.25. The Kier molecular flexibility index (Phi) is 6.25. The summed E-state index contributed by atoms with van der Waals surface area (Å²) in [5, 5.41) is 0. The van der Waals surface area contributed by atoms with Gasteiger partial charge in [0.25, 0.3) is 0 Å². The third-order valence-electron chi connectivity index (χ3n) is 5.34. The van der Waals surface area contributed by atoms with E-state index in [9.17, 15) is 13.2 Å². The van der Waals surface area contributed by atoms with Crippen LogP contribution < -0.4 is 4.74 Å². The van der Waals surface area contributed by atoms with Crippen LogP contribution in [-0.4, -0.2) is 42.8 Å². The first-order chi connectivity index (χ1) is 13.3. The van der Waals surface area contributed by atoms with E-state index in [4.69, 9.17) is 4.74 Å². The maximum atomic E-state index is 12.7. The summed E-state index contributed by atoms with van der Waals surface area (Å²) in [6.45, 7) is 7.85. The van der Waals surface area contributed by atoms with Crippen LogP contribution in [0.1, 0.15) is 47.9 Å². The monoisotopic (exact) mass is 404 g/mol. The number of aryl methyl sites for hydroxylation is 1. The molecule has 152 valence electrons. The maximum absolute atomic E-state index is 12.7. The first-order valence-electron chi connectivity index (χ1n) is 9.77. The Hall–Kier alpha value is -2.12. The molecule has 0 spiro atoms. The molecule has 1 aromatic heterocycles. The van der Waals surface area contributed by atoms with Crippen molar-refractivity contribution in [2.45, 2.75) is 51.5 Å². The van der Waals surface area contributed by atoms with Gasteiger partial charge >= 0.3 is 0 Å². The molecule has 0 unspecified atom stereocenters. The quantitative estimate of drug-likeness (QED) is 0.662. The molecule has 2 heterocycles.